The molecule has 2 nitrogen and oxygen atoms in total. The summed E-state index contributed by atoms with van der Waals surface area (Å²) in [5.74, 6) is 0. The van der Waals surface area contributed by atoms with Crippen LogP contribution in [0.5, 0.6) is 0 Å². The van der Waals surface area contributed by atoms with Crippen molar-refractivity contribution < 1.29 is 0 Å². The minimum atomic E-state index is 0.986. The van der Waals surface area contributed by atoms with Crippen molar-refractivity contribution in [2.75, 3.05) is 14.1 Å². The van der Waals surface area contributed by atoms with Gasteiger partial charge in [0.2, 0.25) is 0 Å². The molecule has 0 spiro atoms. The van der Waals surface area contributed by atoms with Gasteiger partial charge in [-0.1, -0.05) is 6.07 Å². The summed E-state index contributed by atoms with van der Waals surface area (Å²) in [6.45, 7) is 0.986. The van der Waals surface area contributed by atoms with E-state index in [0.29, 0.717) is 0 Å². The standard InChI is InChI=1S/C11H13IN2/c1-14(2)7-8-6-13-10-5-3-4-9(12)11(8)10/h3-6,13H,7H2,1-2H3. The molecule has 0 radical (unpaired) electrons. The normalized spacial score (nSPS) is 11.4. The molecule has 74 valence electrons. The summed E-state index contributed by atoms with van der Waals surface area (Å²) in [6.07, 6.45) is 2.10. The fourth-order valence-electron chi connectivity index (χ4n) is 1.67. The first-order valence-electron chi connectivity index (χ1n) is 4.57. The Labute approximate surface area is 97.4 Å². The number of H-pyrrole nitrogens is 1. The lowest BCUT2D eigenvalue weighted by molar-refractivity contribution is 0.404. The van der Waals surface area contributed by atoms with E-state index in [1.807, 2.05) is 0 Å². The van der Waals surface area contributed by atoms with Crippen LogP contribution in [0.25, 0.3) is 10.9 Å². The molecule has 0 unspecified atom stereocenters. The minimum absolute atomic E-state index is 0.986. The Kier molecular flexibility index (Phi) is 2.78. The molecule has 2 aromatic rings. The number of rotatable bonds is 2. The molecular formula is C11H13IN2. The van der Waals surface area contributed by atoms with Gasteiger partial charge in [-0.3, -0.25) is 0 Å². The van der Waals surface area contributed by atoms with Crippen molar-refractivity contribution in [3.05, 3.63) is 33.5 Å². The first kappa shape index (κ1) is 9.98. The predicted octanol–water partition coefficient (Wildman–Crippen LogP) is 2.83. The lowest BCUT2D eigenvalue weighted by Gasteiger charge is -2.08. The molecule has 1 N–H and O–H groups in total. The second-order valence-corrected chi connectivity index (χ2v) is 4.88. The molecule has 0 aliphatic heterocycles. The summed E-state index contributed by atoms with van der Waals surface area (Å²) >= 11 is 2.39. The number of nitrogens with zero attached hydrogens (tertiary/aromatic N) is 1. The van der Waals surface area contributed by atoms with Gasteiger partial charge in [0.1, 0.15) is 0 Å². The Morgan fingerprint density at radius 1 is 1.36 bits per heavy atom. The smallest absolute Gasteiger partial charge is 0.0468 e. The number of hydrogen-bond acceptors (Lipinski definition) is 1. The Hall–Kier alpha value is -0.550. The van der Waals surface area contributed by atoms with Gasteiger partial charge in [-0.25, -0.2) is 0 Å². The average Bonchev–Trinajstić information content (AvgIpc) is 2.49. The lowest BCUT2D eigenvalue weighted by Crippen LogP contribution is -2.10. The average molecular weight is 300 g/mol. The number of benzene rings is 1. The predicted molar refractivity (Wildman–Crippen MR) is 68.4 cm³/mol. The van der Waals surface area contributed by atoms with Gasteiger partial charge in [-0.2, -0.15) is 0 Å². The fraction of sp³-hybridized carbons (Fsp3) is 0.273. The number of aromatic amines is 1. The third kappa shape index (κ3) is 1.79. The molecule has 2 rings (SSSR count). The largest absolute Gasteiger partial charge is 0.361 e. The van der Waals surface area contributed by atoms with E-state index in [1.165, 1.54) is 20.0 Å². The zero-order valence-electron chi connectivity index (χ0n) is 8.34. The van der Waals surface area contributed by atoms with Gasteiger partial charge in [-0.15, -0.1) is 0 Å². The zero-order chi connectivity index (χ0) is 10.1. The van der Waals surface area contributed by atoms with Crippen molar-refractivity contribution in [3.8, 4) is 0 Å². The van der Waals surface area contributed by atoms with E-state index in [1.54, 1.807) is 0 Å². The third-order valence-electron chi connectivity index (χ3n) is 2.22. The van der Waals surface area contributed by atoms with Crippen molar-refractivity contribution in [3.63, 3.8) is 0 Å². The molecule has 0 saturated heterocycles. The van der Waals surface area contributed by atoms with Crippen molar-refractivity contribution in [2.24, 2.45) is 0 Å². The molecule has 0 fully saturated rings. The van der Waals surface area contributed by atoms with E-state index in [9.17, 15) is 0 Å². The topological polar surface area (TPSA) is 19.0 Å². The van der Waals surface area contributed by atoms with Gasteiger partial charge in [-0.05, 0) is 54.4 Å². The number of fused-ring (bicyclic) bond motifs is 1. The number of nitrogens with one attached hydrogen (secondary N) is 1. The maximum Gasteiger partial charge on any atom is 0.0468 e. The maximum absolute atomic E-state index is 3.30. The van der Waals surface area contributed by atoms with Crippen LogP contribution in [-0.4, -0.2) is 24.0 Å². The van der Waals surface area contributed by atoms with Crippen molar-refractivity contribution in [1.29, 1.82) is 0 Å². The van der Waals surface area contributed by atoms with E-state index in [4.69, 9.17) is 0 Å². The number of halogens is 1. The third-order valence-corrected chi connectivity index (χ3v) is 3.12. The van der Waals surface area contributed by atoms with Crippen LogP contribution in [0.2, 0.25) is 0 Å². The summed E-state index contributed by atoms with van der Waals surface area (Å²) in [5.41, 5.74) is 2.60. The fourth-order valence-corrected chi connectivity index (χ4v) is 2.52. The van der Waals surface area contributed by atoms with Gasteiger partial charge in [0, 0.05) is 27.2 Å². The Balaban J connectivity index is 2.55. The second kappa shape index (κ2) is 3.90. The number of aromatic nitrogens is 1. The molecule has 0 saturated carbocycles. The molecule has 1 heterocycles. The van der Waals surface area contributed by atoms with Crippen LogP contribution >= 0.6 is 22.6 Å². The maximum atomic E-state index is 3.30. The Morgan fingerprint density at radius 3 is 2.86 bits per heavy atom. The van der Waals surface area contributed by atoms with Gasteiger partial charge < -0.3 is 9.88 Å². The summed E-state index contributed by atoms with van der Waals surface area (Å²) in [4.78, 5) is 5.49. The van der Waals surface area contributed by atoms with Crippen LogP contribution in [0.4, 0.5) is 0 Å². The molecule has 14 heavy (non-hydrogen) atoms. The molecule has 1 aromatic carbocycles. The van der Waals surface area contributed by atoms with Crippen LogP contribution < -0.4 is 0 Å². The first-order valence-corrected chi connectivity index (χ1v) is 5.65. The molecule has 0 bridgehead atoms. The van der Waals surface area contributed by atoms with Gasteiger partial charge in [0.15, 0.2) is 0 Å². The van der Waals surface area contributed by atoms with Crippen molar-refractivity contribution in [2.45, 2.75) is 6.54 Å². The molecule has 3 heteroatoms. The molecular weight excluding hydrogens is 287 g/mol. The van der Waals surface area contributed by atoms with Crippen molar-refractivity contribution >= 4 is 33.5 Å². The lowest BCUT2D eigenvalue weighted by atomic mass is 10.2. The van der Waals surface area contributed by atoms with E-state index >= 15 is 0 Å². The van der Waals surface area contributed by atoms with Crippen LogP contribution in [-0.2, 0) is 6.54 Å². The van der Waals surface area contributed by atoms with Crippen LogP contribution in [0, 0.1) is 3.57 Å². The highest BCUT2D eigenvalue weighted by Crippen LogP contribution is 2.24. The van der Waals surface area contributed by atoms with Crippen LogP contribution in [0.15, 0.2) is 24.4 Å². The Bertz CT molecular complexity index is 445. The van der Waals surface area contributed by atoms with E-state index in [-0.39, 0.29) is 0 Å². The first-order chi connectivity index (χ1) is 6.68. The summed E-state index contributed by atoms with van der Waals surface area (Å²) in [7, 11) is 4.18. The molecule has 0 amide bonds. The van der Waals surface area contributed by atoms with Crippen LogP contribution in [0.3, 0.4) is 0 Å². The van der Waals surface area contributed by atoms with Crippen molar-refractivity contribution in [1.82, 2.24) is 9.88 Å². The highest BCUT2D eigenvalue weighted by atomic mass is 127. The molecule has 0 aliphatic rings. The van der Waals surface area contributed by atoms with E-state index in [2.05, 4.69) is 71.0 Å². The van der Waals surface area contributed by atoms with Gasteiger partial charge >= 0.3 is 0 Å². The monoisotopic (exact) mass is 300 g/mol. The molecule has 1 aromatic heterocycles. The zero-order valence-corrected chi connectivity index (χ0v) is 10.5. The van der Waals surface area contributed by atoms with E-state index < -0.39 is 0 Å². The highest BCUT2D eigenvalue weighted by Gasteiger charge is 2.06. The molecule has 0 aliphatic carbocycles. The summed E-state index contributed by atoms with van der Waals surface area (Å²) < 4.78 is 1.32. The van der Waals surface area contributed by atoms with E-state index in [0.717, 1.165) is 6.54 Å². The quantitative estimate of drug-likeness (QED) is 0.845. The SMILES string of the molecule is CN(C)Cc1c[nH]c2cccc(I)c12. The summed E-state index contributed by atoms with van der Waals surface area (Å²) in [5, 5.41) is 1.36. The number of hydrogen-bond donors (Lipinski definition) is 1. The summed E-state index contributed by atoms with van der Waals surface area (Å²) in [6, 6.07) is 6.35. The highest BCUT2D eigenvalue weighted by molar-refractivity contribution is 14.1. The van der Waals surface area contributed by atoms with Crippen LogP contribution in [0.1, 0.15) is 5.56 Å². The minimum Gasteiger partial charge on any atom is -0.361 e. The second-order valence-electron chi connectivity index (χ2n) is 3.71. The molecule has 0 atom stereocenters. The van der Waals surface area contributed by atoms with Gasteiger partial charge in [0.05, 0.1) is 0 Å². The van der Waals surface area contributed by atoms with Gasteiger partial charge in [0.25, 0.3) is 0 Å². The Morgan fingerprint density at radius 2 is 2.14 bits per heavy atom.